The number of imide groups is 1. The predicted molar refractivity (Wildman–Crippen MR) is 110 cm³/mol. The molecule has 0 heterocycles. The van der Waals surface area contributed by atoms with Crippen molar-refractivity contribution in [1.29, 1.82) is 0 Å². The van der Waals surface area contributed by atoms with Gasteiger partial charge >= 0.3 is 6.03 Å². The number of carbonyl (C=O) groups is 2. The molecule has 2 unspecified atom stereocenters. The average molecular weight is 439 g/mol. The summed E-state index contributed by atoms with van der Waals surface area (Å²) in [6, 6.07) is -0.814. The van der Waals surface area contributed by atoms with E-state index < -0.39 is 22.6 Å². The van der Waals surface area contributed by atoms with Crippen molar-refractivity contribution in [2.45, 2.75) is 108 Å². The molecule has 0 aliphatic heterocycles. The van der Waals surface area contributed by atoms with Crippen LogP contribution in [0.2, 0.25) is 0 Å². The van der Waals surface area contributed by atoms with Crippen molar-refractivity contribution >= 4 is 27.9 Å². The van der Waals surface area contributed by atoms with Gasteiger partial charge in [0.1, 0.15) is 4.32 Å². The van der Waals surface area contributed by atoms with Crippen molar-refractivity contribution in [2.24, 2.45) is 5.73 Å². The Kier molecular flexibility index (Phi) is 17.5. The monoisotopic (exact) mass is 438 g/mol. The van der Waals surface area contributed by atoms with Gasteiger partial charge in [-0.3, -0.25) is 10.1 Å². The molecule has 7 heteroatoms. The zero-order valence-electron chi connectivity index (χ0n) is 16.9. The molecule has 6 nitrogen and oxygen atoms in total. The zero-order chi connectivity index (χ0) is 20.6. The van der Waals surface area contributed by atoms with Crippen LogP contribution < -0.4 is 11.1 Å². The van der Waals surface area contributed by atoms with Crippen molar-refractivity contribution < 1.29 is 19.8 Å². The maximum atomic E-state index is 11.3. The first-order valence-electron chi connectivity index (χ1n) is 9.84. The molecule has 2 atom stereocenters. The van der Waals surface area contributed by atoms with Crippen LogP contribution in [0.5, 0.6) is 0 Å². The van der Waals surface area contributed by atoms with Crippen LogP contribution in [0.4, 0.5) is 4.79 Å². The number of nitrogens with one attached hydrogen (secondary N) is 1. The van der Waals surface area contributed by atoms with Crippen molar-refractivity contribution in [2.75, 3.05) is 0 Å². The molecule has 0 saturated heterocycles. The van der Waals surface area contributed by atoms with Crippen LogP contribution in [0.15, 0.2) is 0 Å². The van der Waals surface area contributed by atoms with Crippen LogP contribution in [0.25, 0.3) is 0 Å². The van der Waals surface area contributed by atoms with Gasteiger partial charge in [0.2, 0.25) is 5.91 Å². The fraction of sp³-hybridized carbons (Fsp3) is 0.895. The van der Waals surface area contributed by atoms with E-state index in [1.807, 2.05) is 19.2 Å². The third-order valence-electron chi connectivity index (χ3n) is 4.42. The Balaban J connectivity index is 0. The molecule has 0 aromatic carbocycles. The highest BCUT2D eigenvalue weighted by Gasteiger charge is 2.32. The molecular weight excluding hydrogens is 400 g/mol. The number of hydrogen-bond acceptors (Lipinski definition) is 4. The molecule has 0 aliphatic carbocycles. The van der Waals surface area contributed by atoms with E-state index in [0.717, 1.165) is 38.5 Å². The second kappa shape index (κ2) is 16.5. The number of amides is 3. The summed E-state index contributed by atoms with van der Waals surface area (Å²) in [5.41, 5.74) is 4.81. The number of aliphatic hydroxyl groups is 2. The van der Waals surface area contributed by atoms with Gasteiger partial charge in [0.25, 0.3) is 0 Å². The smallest absolute Gasteiger partial charge is 0.318 e. The molecule has 0 radical (unpaired) electrons. The van der Waals surface area contributed by atoms with E-state index in [9.17, 15) is 19.8 Å². The predicted octanol–water partition coefficient (Wildman–Crippen LogP) is 4.00. The summed E-state index contributed by atoms with van der Waals surface area (Å²) in [5, 5.41) is 21.2. The maximum Gasteiger partial charge on any atom is 0.318 e. The molecule has 156 valence electrons. The van der Waals surface area contributed by atoms with Gasteiger partial charge in [-0.1, -0.05) is 82.1 Å². The molecule has 0 spiro atoms. The summed E-state index contributed by atoms with van der Waals surface area (Å²) in [5.74, 6) is -0.375. The minimum Gasteiger partial charge on any atom is -0.390 e. The molecule has 3 amide bonds. The molecule has 0 rings (SSSR count). The van der Waals surface area contributed by atoms with Crippen LogP contribution in [-0.4, -0.2) is 38.7 Å². The molecule has 0 aliphatic rings. The number of carbonyl (C=O) groups excluding carboxylic acids is 2. The quantitative estimate of drug-likeness (QED) is 0.272. The minimum absolute atomic E-state index is 0.375. The van der Waals surface area contributed by atoms with Gasteiger partial charge in [0.15, 0.2) is 0 Å². The van der Waals surface area contributed by atoms with E-state index in [1.165, 1.54) is 12.8 Å². The zero-order valence-corrected chi connectivity index (χ0v) is 18.5. The van der Waals surface area contributed by atoms with Gasteiger partial charge in [0, 0.05) is 0 Å². The van der Waals surface area contributed by atoms with Crippen LogP contribution in [0.1, 0.15) is 91.9 Å². The first kappa shape index (κ1) is 27.6. The number of nitrogens with two attached hydrogens (primary N) is 1. The van der Waals surface area contributed by atoms with E-state index in [0.29, 0.717) is 12.8 Å². The topological polar surface area (TPSA) is 113 Å². The second-order valence-electron chi connectivity index (χ2n) is 6.62. The Morgan fingerprint density at radius 2 is 1.31 bits per heavy atom. The Morgan fingerprint density at radius 3 is 1.58 bits per heavy atom. The van der Waals surface area contributed by atoms with Crippen LogP contribution in [0, 0.1) is 0 Å². The molecule has 5 N–H and O–H groups in total. The van der Waals surface area contributed by atoms with Crippen LogP contribution in [-0.2, 0) is 4.79 Å². The summed E-state index contributed by atoms with van der Waals surface area (Å²) in [4.78, 5) is 21.6. The van der Waals surface area contributed by atoms with E-state index in [4.69, 9.17) is 5.73 Å². The van der Waals surface area contributed by atoms with Gasteiger partial charge in [-0.15, -0.1) is 0 Å². The number of unbranched alkanes of at least 4 members (excludes halogenated alkanes) is 4. The normalized spacial score (nSPS) is 13.3. The van der Waals surface area contributed by atoms with E-state index >= 15 is 0 Å². The van der Waals surface area contributed by atoms with Crippen LogP contribution in [0.3, 0.4) is 0 Å². The van der Waals surface area contributed by atoms with E-state index in [-0.39, 0.29) is 5.91 Å². The maximum absolute atomic E-state index is 11.3. The van der Waals surface area contributed by atoms with Crippen molar-refractivity contribution in [3.8, 4) is 0 Å². The fourth-order valence-corrected chi connectivity index (χ4v) is 2.49. The van der Waals surface area contributed by atoms with Gasteiger partial charge in [-0.05, 0) is 25.7 Å². The number of rotatable bonds is 12. The van der Waals surface area contributed by atoms with Gasteiger partial charge < -0.3 is 15.9 Å². The third-order valence-corrected chi connectivity index (χ3v) is 5.90. The highest BCUT2D eigenvalue weighted by atomic mass is 79.9. The van der Waals surface area contributed by atoms with E-state index in [1.54, 1.807) is 0 Å². The highest BCUT2D eigenvalue weighted by Crippen LogP contribution is 2.26. The lowest BCUT2D eigenvalue weighted by atomic mass is 10.0. The fourth-order valence-electron chi connectivity index (χ4n) is 2.39. The Hall–Kier alpha value is -0.660. The SMILES string of the molecule is CCC(Br)(CC)C(=O)NC(N)=O.CCCCCC(O)C(O)CCCCC. The molecule has 26 heavy (non-hydrogen) atoms. The van der Waals surface area contributed by atoms with Gasteiger partial charge in [0.05, 0.1) is 12.2 Å². The van der Waals surface area contributed by atoms with Crippen LogP contribution >= 0.6 is 15.9 Å². The summed E-state index contributed by atoms with van der Waals surface area (Å²) in [6.07, 6.45) is 8.42. The van der Waals surface area contributed by atoms with E-state index in [2.05, 4.69) is 29.8 Å². The second-order valence-corrected chi connectivity index (χ2v) is 8.14. The first-order chi connectivity index (χ1) is 12.2. The Morgan fingerprint density at radius 1 is 0.923 bits per heavy atom. The summed E-state index contributed by atoms with van der Waals surface area (Å²) in [7, 11) is 0. The van der Waals surface area contributed by atoms with Gasteiger partial charge in [-0.25, -0.2) is 4.79 Å². The Bertz CT molecular complexity index is 363. The number of alkyl halides is 1. The molecular formula is C19H39BrN2O4. The summed E-state index contributed by atoms with van der Waals surface area (Å²) in [6.45, 7) is 8.01. The Labute approximate surface area is 167 Å². The first-order valence-corrected chi connectivity index (χ1v) is 10.6. The molecule has 0 fully saturated rings. The minimum atomic E-state index is -0.814. The number of aliphatic hydroxyl groups excluding tert-OH is 2. The molecule has 0 aromatic rings. The number of hydrogen-bond donors (Lipinski definition) is 4. The molecule has 0 saturated carbocycles. The number of urea groups is 1. The lowest BCUT2D eigenvalue weighted by molar-refractivity contribution is -0.122. The lowest BCUT2D eigenvalue weighted by Crippen LogP contribution is -2.46. The van der Waals surface area contributed by atoms with Gasteiger partial charge in [-0.2, -0.15) is 0 Å². The number of halogens is 1. The van der Waals surface area contributed by atoms with Crippen molar-refractivity contribution in [3.63, 3.8) is 0 Å². The molecule has 0 bridgehead atoms. The lowest BCUT2D eigenvalue weighted by Gasteiger charge is -2.21. The highest BCUT2D eigenvalue weighted by molar-refractivity contribution is 9.10. The summed E-state index contributed by atoms with van der Waals surface area (Å²) >= 11 is 3.26. The summed E-state index contributed by atoms with van der Waals surface area (Å²) < 4.78 is -0.665. The third kappa shape index (κ3) is 13.5. The molecule has 0 aromatic heterocycles. The van der Waals surface area contributed by atoms with Crippen molar-refractivity contribution in [3.05, 3.63) is 0 Å². The largest absolute Gasteiger partial charge is 0.390 e. The number of primary amides is 1. The van der Waals surface area contributed by atoms with Crippen molar-refractivity contribution in [1.82, 2.24) is 5.32 Å². The standard InChI is InChI=1S/C12H26O2.C7H13BrN2O2/c1-3-5-7-9-11(13)12(14)10-8-6-4-2;1-3-7(8,4-2)5(11)10-6(9)12/h11-14H,3-10H2,1-2H3;3-4H2,1-2H3,(H3,9,10,11,12). The average Bonchev–Trinajstić information content (AvgIpc) is 2.61.